The molecule has 0 aliphatic rings. The quantitative estimate of drug-likeness (QED) is 0.750. The second kappa shape index (κ2) is 8.79. The van der Waals surface area contributed by atoms with Crippen LogP contribution >= 0.6 is 18.0 Å². The highest BCUT2D eigenvalue weighted by Crippen LogP contribution is 2.38. The fraction of sp³-hybridized carbons (Fsp3) is 0.562. The molecule has 1 amide bonds. The first-order valence-corrected chi connectivity index (χ1v) is 9.13. The van der Waals surface area contributed by atoms with E-state index in [1.54, 1.807) is 19.2 Å². The molecule has 3 nitrogen and oxygen atoms in total. The molecular weight excluding hydrogens is 319 g/mol. The average molecular weight is 347 g/mol. The molecule has 0 N–H and O–H groups in total. The largest absolute Gasteiger partial charge is 0.474 e. The first-order chi connectivity index (χ1) is 9.66. The van der Waals surface area contributed by atoms with Crippen molar-refractivity contribution in [1.82, 2.24) is 4.90 Å². The summed E-state index contributed by atoms with van der Waals surface area (Å²) in [6, 6.07) is 5.50. The summed E-state index contributed by atoms with van der Waals surface area (Å²) < 4.78 is 18.3. The normalized spacial score (nSPS) is 11.1. The van der Waals surface area contributed by atoms with Crippen LogP contribution in [-0.4, -0.2) is 44.4 Å². The van der Waals surface area contributed by atoms with Gasteiger partial charge >= 0.3 is 0 Å². The summed E-state index contributed by atoms with van der Waals surface area (Å²) in [6.45, 7) is 9.93. The lowest BCUT2D eigenvalue weighted by Crippen LogP contribution is -2.28. The van der Waals surface area contributed by atoms with Crippen LogP contribution in [0.15, 0.2) is 18.2 Å². The van der Waals surface area contributed by atoms with Crippen molar-refractivity contribution in [2.45, 2.75) is 26.2 Å². The molecule has 0 saturated heterocycles. The van der Waals surface area contributed by atoms with E-state index in [1.807, 2.05) is 19.4 Å². The molecule has 0 bridgehead atoms. The monoisotopic (exact) mass is 347 g/mol. The molecule has 0 aliphatic heterocycles. The van der Waals surface area contributed by atoms with Crippen LogP contribution in [0, 0.1) is 0 Å². The molecule has 1 unspecified atom stereocenters. The maximum absolute atomic E-state index is 12.4. The maximum Gasteiger partial charge on any atom is 0.253 e. The summed E-state index contributed by atoms with van der Waals surface area (Å²) in [6.07, 6.45) is 0. The first kappa shape index (κ1) is 21.3. The lowest BCUT2D eigenvalue weighted by Gasteiger charge is -2.25. The van der Waals surface area contributed by atoms with E-state index in [9.17, 15) is 9.18 Å². The summed E-state index contributed by atoms with van der Waals surface area (Å²) >= 11 is 0. The number of nitrogens with zero attached hydrogens (tertiary/aromatic N) is 1. The minimum Gasteiger partial charge on any atom is -0.474 e. The molecule has 0 aromatic heterocycles. The van der Waals surface area contributed by atoms with Crippen LogP contribution in [0.4, 0.5) is 4.39 Å². The molecule has 1 rings (SSSR count). The predicted octanol–water partition coefficient (Wildman–Crippen LogP) is 4.12. The van der Waals surface area contributed by atoms with E-state index in [0.717, 1.165) is 11.3 Å². The summed E-state index contributed by atoms with van der Waals surface area (Å²) in [5.74, 6) is 0.563. The number of alkyl halides is 1. The SMILES string of the molecule is CN(CCF)C(=O)c1ccc(C(C)(C)C)c(OP(C)C)c1.P. The van der Waals surface area contributed by atoms with Crippen molar-refractivity contribution >= 4 is 24.0 Å². The zero-order valence-electron chi connectivity index (χ0n) is 14.4. The number of halogens is 1. The number of hydrogen-bond donors (Lipinski definition) is 0. The number of hydrogen-bond acceptors (Lipinski definition) is 2. The Kier molecular flexibility index (Phi) is 8.51. The van der Waals surface area contributed by atoms with E-state index in [2.05, 4.69) is 20.8 Å². The third kappa shape index (κ3) is 5.82. The Morgan fingerprint density at radius 1 is 1.32 bits per heavy atom. The fourth-order valence-corrected chi connectivity index (χ4v) is 2.54. The van der Waals surface area contributed by atoms with Crippen molar-refractivity contribution in [3.05, 3.63) is 29.3 Å². The Balaban J connectivity index is 0.00000441. The van der Waals surface area contributed by atoms with Crippen LogP contribution in [0.3, 0.4) is 0 Å². The second-order valence-corrected chi connectivity index (χ2v) is 8.09. The predicted molar refractivity (Wildman–Crippen MR) is 98.6 cm³/mol. The summed E-state index contributed by atoms with van der Waals surface area (Å²) in [7, 11) is 1.03. The molecule has 0 aliphatic carbocycles. The van der Waals surface area contributed by atoms with E-state index < -0.39 is 14.8 Å². The van der Waals surface area contributed by atoms with Gasteiger partial charge in [-0.15, -0.1) is 0 Å². The Morgan fingerprint density at radius 3 is 2.36 bits per heavy atom. The Morgan fingerprint density at radius 2 is 1.91 bits per heavy atom. The van der Waals surface area contributed by atoms with Gasteiger partial charge in [0.25, 0.3) is 5.91 Å². The van der Waals surface area contributed by atoms with Gasteiger partial charge in [-0.05, 0) is 36.4 Å². The van der Waals surface area contributed by atoms with E-state index in [1.165, 1.54) is 4.90 Å². The molecule has 1 aromatic carbocycles. The molecule has 1 aromatic rings. The smallest absolute Gasteiger partial charge is 0.253 e. The molecule has 0 radical (unpaired) electrons. The molecule has 1 atom stereocenters. The molecule has 0 spiro atoms. The molecular formula is C16H28FNO2P2. The lowest BCUT2D eigenvalue weighted by atomic mass is 9.86. The first-order valence-electron chi connectivity index (χ1n) is 6.98. The third-order valence-electron chi connectivity index (χ3n) is 3.08. The molecule has 0 fully saturated rings. The Bertz CT molecular complexity index is 501. The topological polar surface area (TPSA) is 29.5 Å². The van der Waals surface area contributed by atoms with Crippen molar-refractivity contribution in [2.24, 2.45) is 0 Å². The van der Waals surface area contributed by atoms with Crippen molar-refractivity contribution in [3.8, 4) is 5.75 Å². The molecule has 22 heavy (non-hydrogen) atoms. The van der Waals surface area contributed by atoms with Crippen molar-refractivity contribution in [1.29, 1.82) is 0 Å². The maximum atomic E-state index is 12.4. The van der Waals surface area contributed by atoms with Gasteiger partial charge in [0.05, 0.1) is 8.15 Å². The average Bonchev–Trinajstić information content (AvgIpc) is 2.36. The van der Waals surface area contributed by atoms with Gasteiger partial charge in [0.1, 0.15) is 12.4 Å². The lowest BCUT2D eigenvalue weighted by molar-refractivity contribution is 0.0786. The van der Waals surface area contributed by atoms with Crippen LogP contribution in [0.2, 0.25) is 0 Å². The van der Waals surface area contributed by atoms with Crippen molar-refractivity contribution < 1.29 is 13.7 Å². The minimum absolute atomic E-state index is 0. The molecule has 126 valence electrons. The summed E-state index contributed by atoms with van der Waals surface area (Å²) in [4.78, 5) is 13.6. The van der Waals surface area contributed by atoms with Gasteiger partial charge in [-0.3, -0.25) is 4.79 Å². The van der Waals surface area contributed by atoms with E-state index in [0.29, 0.717) is 5.56 Å². The van der Waals surface area contributed by atoms with Gasteiger partial charge in [0.2, 0.25) is 0 Å². The van der Waals surface area contributed by atoms with E-state index in [4.69, 9.17) is 4.52 Å². The van der Waals surface area contributed by atoms with Crippen LogP contribution in [0.25, 0.3) is 0 Å². The van der Waals surface area contributed by atoms with Crippen LogP contribution in [0.1, 0.15) is 36.7 Å². The Hall–Kier alpha value is -0.720. The molecule has 0 saturated carbocycles. The van der Waals surface area contributed by atoms with E-state index >= 15 is 0 Å². The third-order valence-corrected chi connectivity index (χ3v) is 3.65. The fourth-order valence-electron chi connectivity index (χ4n) is 2.00. The zero-order chi connectivity index (χ0) is 16.2. The highest BCUT2D eigenvalue weighted by molar-refractivity contribution is 7.51. The van der Waals surface area contributed by atoms with Gasteiger partial charge < -0.3 is 9.42 Å². The summed E-state index contributed by atoms with van der Waals surface area (Å²) in [5, 5.41) is 0. The summed E-state index contributed by atoms with van der Waals surface area (Å²) in [5.41, 5.74) is 1.54. The number of amides is 1. The highest BCUT2D eigenvalue weighted by atomic mass is 31.1. The Labute approximate surface area is 138 Å². The van der Waals surface area contributed by atoms with E-state index in [-0.39, 0.29) is 27.8 Å². The number of carbonyl (C=O) groups is 1. The standard InChI is InChI=1S/C16H25FNO2P.H3P/c1-16(2,3)13-8-7-12(11-14(13)20-21(5)6)15(19)18(4)10-9-17;/h7-8,11H,9-10H2,1-6H3;1H3. The van der Waals surface area contributed by atoms with Gasteiger partial charge in [0, 0.05) is 19.2 Å². The number of rotatable bonds is 5. The van der Waals surface area contributed by atoms with Crippen molar-refractivity contribution in [3.63, 3.8) is 0 Å². The highest BCUT2D eigenvalue weighted by Gasteiger charge is 2.22. The molecule has 6 heteroatoms. The van der Waals surface area contributed by atoms with Gasteiger partial charge in [-0.2, -0.15) is 9.90 Å². The van der Waals surface area contributed by atoms with Crippen LogP contribution in [0.5, 0.6) is 5.75 Å². The number of benzene rings is 1. The number of carbonyl (C=O) groups excluding carboxylic acids is 1. The van der Waals surface area contributed by atoms with Crippen molar-refractivity contribution in [2.75, 3.05) is 33.6 Å². The minimum atomic E-state index is -0.579. The van der Waals surface area contributed by atoms with Gasteiger partial charge in [-0.25, -0.2) is 4.39 Å². The molecule has 0 heterocycles. The van der Waals surface area contributed by atoms with Gasteiger partial charge in [-0.1, -0.05) is 26.8 Å². The zero-order valence-corrected chi connectivity index (χ0v) is 16.8. The van der Waals surface area contributed by atoms with Gasteiger partial charge in [0.15, 0.2) is 0 Å². The second-order valence-electron chi connectivity index (χ2n) is 6.28. The van der Waals surface area contributed by atoms with Crippen LogP contribution < -0.4 is 4.52 Å². The van der Waals surface area contributed by atoms with Crippen LogP contribution in [-0.2, 0) is 5.41 Å².